The van der Waals surface area contributed by atoms with Gasteiger partial charge in [-0.25, -0.2) is 0 Å². The van der Waals surface area contributed by atoms with Crippen LogP contribution in [0.15, 0.2) is 24.3 Å². The van der Waals surface area contributed by atoms with E-state index in [4.69, 9.17) is 4.74 Å². The van der Waals surface area contributed by atoms with Gasteiger partial charge >= 0.3 is 0 Å². The maximum Gasteiger partial charge on any atom is 0.166 e. The molecule has 106 valence electrons. The molecule has 1 aromatic carbocycles. The van der Waals surface area contributed by atoms with Crippen LogP contribution in [-0.4, -0.2) is 12.4 Å². The van der Waals surface area contributed by atoms with Gasteiger partial charge in [-0.05, 0) is 54.6 Å². The lowest BCUT2D eigenvalue weighted by atomic mass is 9.83. The zero-order valence-electron chi connectivity index (χ0n) is 11.9. The molecule has 2 aliphatic carbocycles. The van der Waals surface area contributed by atoms with Gasteiger partial charge in [-0.15, -0.1) is 0 Å². The standard InChI is InChI=1S/C18H22O2/c19-17(11-15-10-12-5-6-14(15)9-12)18-16-4-2-1-3-13(16)7-8-20-18/h1-4,12,14-15,18H,5-11H2. The summed E-state index contributed by atoms with van der Waals surface area (Å²) in [6.45, 7) is 0.685. The van der Waals surface area contributed by atoms with E-state index in [0.717, 1.165) is 30.2 Å². The first-order chi connectivity index (χ1) is 9.81. The summed E-state index contributed by atoms with van der Waals surface area (Å²) in [6.07, 6.45) is 6.79. The fourth-order valence-electron chi connectivity index (χ4n) is 4.65. The van der Waals surface area contributed by atoms with Crippen LogP contribution in [0.4, 0.5) is 0 Å². The van der Waals surface area contributed by atoms with Crippen LogP contribution in [0.25, 0.3) is 0 Å². The van der Waals surface area contributed by atoms with E-state index < -0.39 is 0 Å². The second-order valence-electron chi connectivity index (χ2n) is 6.81. The Morgan fingerprint density at radius 3 is 2.90 bits per heavy atom. The van der Waals surface area contributed by atoms with Crippen molar-refractivity contribution < 1.29 is 9.53 Å². The van der Waals surface area contributed by atoms with E-state index in [1.807, 2.05) is 6.07 Å². The largest absolute Gasteiger partial charge is 0.365 e. The Morgan fingerprint density at radius 1 is 1.20 bits per heavy atom. The number of hydrogen-bond donors (Lipinski definition) is 0. The number of carbonyl (C=O) groups is 1. The Balaban J connectivity index is 1.49. The van der Waals surface area contributed by atoms with Gasteiger partial charge in [-0.2, -0.15) is 0 Å². The number of ether oxygens (including phenoxy) is 1. The summed E-state index contributed by atoms with van der Waals surface area (Å²) >= 11 is 0. The van der Waals surface area contributed by atoms with E-state index in [-0.39, 0.29) is 6.10 Å². The third-order valence-corrected chi connectivity index (χ3v) is 5.63. The van der Waals surface area contributed by atoms with Gasteiger partial charge < -0.3 is 4.74 Å². The van der Waals surface area contributed by atoms with E-state index >= 15 is 0 Å². The SMILES string of the molecule is O=C(CC1CC2CCC1C2)C1OCCc2ccccc21. The van der Waals surface area contributed by atoms with Crippen LogP contribution in [-0.2, 0) is 16.0 Å². The maximum absolute atomic E-state index is 12.7. The number of ketones is 1. The third kappa shape index (κ3) is 2.10. The van der Waals surface area contributed by atoms with Crippen LogP contribution in [0.3, 0.4) is 0 Å². The minimum absolute atomic E-state index is 0.293. The molecule has 1 heterocycles. The van der Waals surface area contributed by atoms with Crippen molar-refractivity contribution in [2.75, 3.05) is 6.61 Å². The number of benzene rings is 1. The van der Waals surface area contributed by atoms with E-state index in [1.165, 1.54) is 31.2 Å². The molecule has 4 atom stereocenters. The van der Waals surface area contributed by atoms with E-state index in [0.29, 0.717) is 18.3 Å². The molecule has 0 radical (unpaired) electrons. The van der Waals surface area contributed by atoms with Gasteiger partial charge in [0.05, 0.1) is 6.61 Å². The van der Waals surface area contributed by atoms with Crippen LogP contribution in [0, 0.1) is 17.8 Å². The minimum Gasteiger partial charge on any atom is -0.365 e. The average Bonchev–Trinajstić information content (AvgIpc) is 3.09. The average molecular weight is 270 g/mol. The Hall–Kier alpha value is -1.15. The molecule has 2 heteroatoms. The van der Waals surface area contributed by atoms with Gasteiger partial charge in [0.2, 0.25) is 0 Å². The summed E-state index contributed by atoms with van der Waals surface area (Å²) in [7, 11) is 0. The van der Waals surface area contributed by atoms with Crippen molar-refractivity contribution in [3.63, 3.8) is 0 Å². The van der Waals surface area contributed by atoms with Gasteiger partial charge in [-0.3, -0.25) is 4.79 Å². The maximum atomic E-state index is 12.7. The predicted molar refractivity (Wildman–Crippen MR) is 77.4 cm³/mol. The van der Waals surface area contributed by atoms with Crippen molar-refractivity contribution in [2.45, 2.75) is 44.6 Å². The third-order valence-electron chi connectivity index (χ3n) is 5.63. The summed E-state index contributed by atoms with van der Waals surface area (Å²) in [5, 5.41) is 0. The summed E-state index contributed by atoms with van der Waals surface area (Å²) in [5.74, 6) is 2.69. The first-order valence-corrected chi connectivity index (χ1v) is 8.03. The predicted octanol–water partition coefficient (Wildman–Crippen LogP) is 3.70. The molecule has 3 aliphatic rings. The molecular weight excluding hydrogens is 248 g/mol. The molecule has 1 aromatic rings. The number of Topliss-reactive ketones (excluding diaryl/α,β-unsaturated/α-hetero) is 1. The van der Waals surface area contributed by atoms with Crippen LogP contribution in [0.5, 0.6) is 0 Å². The van der Waals surface area contributed by atoms with Crippen molar-refractivity contribution in [1.29, 1.82) is 0 Å². The molecule has 2 fully saturated rings. The highest BCUT2D eigenvalue weighted by Crippen LogP contribution is 2.50. The Bertz CT molecular complexity index is 522. The summed E-state index contributed by atoms with van der Waals surface area (Å²) in [5.41, 5.74) is 2.41. The normalized spacial score (nSPS) is 35.0. The van der Waals surface area contributed by atoms with Gasteiger partial charge in [0.1, 0.15) is 6.10 Å². The van der Waals surface area contributed by atoms with E-state index in [1.54, 1.807) is 0 Å². The molecule has 2 saturated carbocycles. The molecule has 0 spiro atoms. The fourth-order valence-corrected chi connectivity index (χ4v) is 4.65. The van der Waals surface area contributed by atoms with Gasteiger partial charge in [0, 0.05) is 6.42 Å². The quantitative estimate of drug-likeness (QED) is 0.837. The fraction of sp³-hybridized carbons (Fsp3) is 0.611. The first-order valence-electron chi connectivity index (χ1n) is 8.03. The molecule has 4 rings (SSSR count). The highest BCUT2D eigenvalue weighted by atomic mass is 16.5. The minimum atomic E-state index is -0.293. The second-order valence-corrected chi connectivity index (χ2v) is 6.81. The summed E-state index contributed by atoms with van der Waals surface area (Å²) in [4.78, 5) is 12.7. The molecule has 0 aromatic heterocycles. The van der Waals surface area contributed by atoms with Crippen LogP contribution >= 0.6 is 0 Å². The Morgan fingerprint density at radius 2 is 2.10 bits per heavy atom. The van der Waals surface area contributed by atoms with Gasteiger partial charge in [0.15, 0.2) is 5.78 Å². The zero-order valence-corrected chi connectivity index (χ0v) is 11.9. The van der Waals surface area contributed by atoms with E-state index in [2.05, 4.69) is 18.2 Å². The highest BCUT2D eigenvalue weighted by Gasteiger charge is 2.41. The molecule has 0 N–H and O–H groups in total. The monoisotopic (exact) mass is 270 g/mol. The summed E-state index contributed by atoms with van der Waals surface area (Å²) < 4.78 is 5.81. The highest BCUT2D eigenvalue weighted by molar-refractivity contribution is 5.85. The van der Waals surface area contributed by atoms with Crippen molar-refractivity contribution in [2.24, 2.45) is 17.8 Å². The molecule has 1 aliphatic heterocycles. The first kappa shape index (κ1) is 12.6. The number of carbonyl (C=O) groups excluding carboxylic acids is 1. The smallest absolute Gasteiger partial charge is 0.166 e. The van der Waals surface area contributed by atoms with E-state index in [9.17, 15) is 4.79 Å². The van der Waals surface area contributed by atoms with Crippen molar-refractivity contribution in [1.82, 2.24) is 0 Å². The van der Waals surface area contributed by atoms with Crippen molar-refractivity contribution >= 4 is 5.78 Å². The van der Waals surface area contributed by atoms with Gasteiger partial charge in [0.25, 0.3) is 0 Å². The summed E-state index contributed by atoms with van der Waals surface area (Å²) in [6, 6.07) is 8.28. The number of fused-ring (bicyclic) bond motifs is 3. The number of hydrogen-bond acceptors (Lipinski definition) is 2. The molecule has 2 bridgehead atoms. The van der Waals surface area contributed by atoms with Crippen LogP contribution in [0.1, 0.15) is 49.3 Å². The van der Waals surface area contributed by atoms with Crippen molar-refractivity contribution in [3.8, 4) is 0 Å². The molecule has 20 heavy (non-hydrogen) atoms. The molecule has 0 saturated heterocycles. The molecule has 0 amide bonds. The van der Waals surface area contributed by atoms with Gasteiger partial charge in [-0.1, -0.05) is 30.7 Å². The molecular formula is C18H22O2. The second kappa shape index (κ2) is 5.00. The molecule has 2 nitrogen and oxygen atoms in total. The van der Waals surface area contributed by atoms with Crippen LogP contribution in [0.2, 0.25) is 0 Å². The molecule has 4 unspecified atom stereocenters. The Labute approximate surface area is 120 Å². The van der Waals surface area contributed by atoms with Crippen molar-refractivity contribution in [3.05, 3.63) is 35.4 Å². The lowest BCUT2D eigenvalue weighted by molar-refractivity contribution is -0.133. The Kier molecular flexibility index (Phi) is 3.14. The topological polar surface area (TPSA) is 26.3 Å². The van der Waals surface area contributed by atoms with Crippen LogP contribution < -0.4 is 0 Å². The lowest BCUT2D eigenvalue weighted by Crippen LogP contribution is -2.26. The number of rotatable bonds is 3. The zero-order chi connectivity index (χ0) is 13.5. The lowest BCUT2D eigenvalue weighted by Gasteiger charge is -2.27.